The number of piperidine rings is 1. The predicted molar refractivity (Wildman–Crippen MR) is 98.6 cm³/mol. The first-order chi connectivity index (χ1) is 12.3. The number of hydrogen-bond acceptors (Lipinski definition) is 4. The van der Waals surface area contributed by atoms with Gasteiger partial charge in [-0.15, -0.1) is 0 Å². The number of aliphatic hydroxyl groups excluding tert-OH is 1. The highest BCUT2D eigenvalue weighted by Crippen LogP contribution is 2.24. The number of anilines is 1. The molecule has 7 nitrogen and oxygen atoms in total. The number of rotatable bonds is 4. The summed E-state index contributed by atoms with van der Waals surface area (Å²) in [6.45, 7) is 7.09. The maximum absolute atomic E-state index is 12.9. The average molecular weight is 361 g/mol. The number of para-hydroxylation sites is 1. The van der Waals surface area contributed by atoms with Gasteiger partial charge in [-0.05, 0) is 37.3 Å². The summed E-state index contributed by atoms with van der Waals surface area (Å²) >= 11 is 0. The van der Waals surface area contributed by atoms with Gasteiger partial charge in [-0.1, -0.05) is 26.0 Å². The molecule has 3 atom stereocenters. The van der Waals surface area contributed by atoms with Gasteiger partial charge in [0.2, 0.25) is 0 Å². The molecule has 26 heavy (non-hydrogen) atoms. The number of hydrogen-bond donors (Lipinski definition) is 3. The van der Waals surface area contributed by atoms with Crippen LogP contribution in [-0.4, -0.2) is 53.5 Å². The van der Waals surface area contributed by atoms with E-state index in [1.54, 1.807) is 29.2 Å². The summed E-state index contributed by atoms with van der Waals surface area (Å²) in [6, 6.07) is 6.67. The second kappa shape index (κ2) is 8.80. The molecule has 1 fully saturated rings. The SMILES string of the molecule is C[C@H]1C[C@H](C)CN(C(=O)c2ccccc2NC(=O)C(=O)NC[C@H](C)O)C1. The maximum atomic E-state index is 12.9. The largest absolute Gasteiger partial charge is 0.392 e. The van der Waals surface area contributed by atoms with Crippen LogP contribution in [0.15, 0.2) is 24.3 Å². The third-order valence-electron chi connectivity index (χ3n) is 4.33. The summed E-state index contributed by atoms with van der Waals surface area (Å²) in [5, 5.41) is 14.0. The first kappa shape index (κ1) is 19.9. The Morgan fingerprint density at radius 3 is 2.38 bits per heavy atom. The molecule has 1 aromatic rings. The van der Waals surface area contributed by atoms with Crippen LogP contribution in [0.4, 0.5) is 5.69 Å². The molecule has 0 radical (unpaired) electrons. The Balaban J connectivity index is 2.10. The van der Waals surface area contributed by atoms with Gasteiger partial charge in [-0.2, -0.15) is 0 Å². The van der Waals surface area contributed by atoms with Crippen LogP contribution in [-0.2, 0) is 9.59 Å². The molecule has 0 saturated carbocycles. The maximum Gasteiger partial charge on any atom is 0.313 e. The number of amides is 3. The second-order valence-corrected chi connectivity index (χ2v) is 7.21. The lowest BCUT2D eigenvalue weighted by Crippen LogP contribution is -2.43. The molecule has 1 heterocycles. The summed E-state index contributed by atoms with van der Waals surface area (Å²) in [5.74, 6) is -1.02. The van der Waals surface area contributed by atoms with Crippen LogP contribution in [0.25, 0.3) is 0 Å². The first-order valence-corrected chi connectivity index (χ1v) is 8.93. The van der Waals surface area contributed by atoms with E-state index in [0.29, 0.717) is 36.2 Å². The number of carbonyl (C=O) groups excluding carboxylic acids is 3. The van der Waals surface area contributed by atoms with Crippen molar-refractivity contribution in [1.82, 2.24) is 10.2 Å². The molecule has 0 aliphatic carbocycles. The molecule has 2 rings (SSSR count). The Morgan fingerprint density at radius 1 is 1.15 bits per heavy atom. The molecule has 0 aromatic heterocycles. The van der Waals surface area contributed by atoms with Crippen molar-refractivity contribution >= 4 is 23.4 Å². The molecule has 7 heteroatoms. The zero-order chi connectivity index (χ0) is 19.3. The fourth-order valence-corrected chi connectivity index (χ4v) is 3.28. The Labute approximate surface area is 153 Å². The standard InChI is InChI=1S/C19H27N3O4/c1-12-8-13(2)11-22(10-12)19(26)15-6-4-5-7-16(15)21-18(25)17(24)20-9-14(3)23/h4-7,12-14,23H,8-11H2,1-3H3,(H,20,24)(H,21,25)/t12-,13-,14-/m0/s1. The summed E-state index contributed by atoms with van der Waals surface area (Å²) in [6.07, 6.45) is 0.342. The number of nitrogens with zero attached hydrogens (tertiary/aromatic N) is 1. The molecular weight excluding hydrogens is 334 g/mol. The van der Waals surface area contributed by atoms with Crippen molar-refractivity contribution < 1.29 is 19.5 Å². The summed E-state index contributed by atoms with van der Waals surface area (Å²) in [4.78, 5) is 38.6. The van der Waals surface area contributed by atoms with Crippen LogP contribution in [0, 0.1) is 11.8 Å². The number of benzene rings is 1. The molecule has 1 aliphatic heterocycles. The van der Waals surface area contributed by atoms with E-state index in [1.165, 1.54) is 6.92 Å². The van der Waals surface area contributed by atoms with Gasteiger partial charge in [0.05, 0.1) is 17.4 Å². The minimum Gasteiger partial charge on any atom is -0.392 e. The average Bonchev–Trinajstić information content (AvgIpc) is 2.58. The highest BCUT2D eigenvalue weighted by Gasteiger charge is 2.28. The van der Waals surface area contributed by atoms with Crippen molar-refractivity contribution in [2.24, 2.45) is 11.8 Å². The zero-order valence-corrected chi connectivity index (χ0v) is 15.5. The van der Waals surface area contributed by atoms with Crippen molar-refractivity contribution in [1.29, 1.82) is 0 Å². The number of likely N-dealkylation sites (tertiary alicyclic amines) is 1. The minimum atomic E-state index is -0.869. The molecule has 1 aromatic carbocycles. The Kier molecular flexibility index (Phi) is 6.74. The van der Waals surface area contributed by atoms with Gasteiger partial charge in [0, 0.05) is 19.6 Å². The molecule has 0 bridgehead atoms. The van der Waals surface area contributed by atoms with E-state index in [2.05, 4.69) is 24.5 Å². The normalized spacial score (nSPS) is 21.0. The second-order valence-electron chi connectivity index (χ2n) is 7.21. The van der Waals surface area contributed by atoms with Gasteiger partial charge >= 0.3 is 11.8 Å². The van der Waals surface area contributed by atoms with E-state index in [0.717, 1.165) is 6.42 Å². The smallest absolute Gasteiger partial charge is 0.313 e. The van der Waals surface area contributed by atoms with Gasteiger partial charge in [-0.3, -0.25) is 14.4 Å². The van der Waals surface area contributed by atoms with E-state index >= 15 is 0 Å². The third kappa shape index (κ3) is 5.29. The highest BCUT2D eigenvalue weighted by molar-refractivity contribution is 6.40. The van der Waals surface area contributed by atoms with Crippen molar-refractivity contribution in [3.8, 4) is 0 Å². The number of carbonyl (C=O) groups is 3. The quantitative estimate of drug-likeness (QED) is 0.703. The van der Waals surface area contributed by atoms with Crippen LogP contribution >= 0.6 is 0 Å². The van der Waals surface area contributed by atoms with Gasteiger partial charge in [0.15, 0.2) is 0 Å². The lowest BCUT2D eigenvalue weighted by molar-refractivity contribution is -0.136. The third-order valence-corrected chi connectivity index (χ3v) is 4.33. The Bertz CT molecular complexity index is 665. The fourth-order valence-electron chi connectivity index (χ4n) is 3.28. The zero-order valence-electron chi connectivity index (χ0n) is 15.5. The van der Waals surface area contributed by atoms with E-state index in [-0.39, 0.29) is 12.5 Å². The fraction of sp³-hybridized carbons (Fsp3) is 0.526. The van der Waals surface area contributed by atoms with Crippen LogP contribution in [0.3, 0.4) is 0 Å². The minimum absolute atomic E-state index is 0.0175. The number of aliphatic hydroxyl groups is 1. The molecule has 3 amide bonds. The highest BCUT2D eigenvalue weighted by atomic mass is 16.3. The summed E-state index contributed by atoms with van der Waals surface area (Å²) < 4.78 is 0. The lowest BCUT2D eigenvalue weighted by atomic mass is 9.91. The molecule has 0 unspecified atom stereocenters. The van der Waals surface area contributed by atoms with Gasteiger partial charge < -0.3 is 20.6 Å². The van der Waals surface area contributed by atoms with Crippen LogP contribution in [0.1, 0.15) is 37.6 Å². The molecule has 0 spiro atoms. The van der Waals surface area contributed by atoms with Gasteiger partial charge in [0.25, 0.3) is 5.91 Å². The van der Waals surface area contributed by atoms with Crippen molar-refractivity contribution in [3.05, 3.63) is 29.8 Å². The van der Waals surface area contributed by atoms with E-state index < -0.39 is 17.9 Å². The number of nitrogens with one attached hydrogen (secondary N) is 2. The molecule has 3 N–H and O–H groups in total. The molecule has 142 valence electrons. The van der Waals surface area contributed by atoms with Crippen LogP contribution < -0.4 is 10.6 Å². The topological polar surface area (TPSA) is 98.7 Å². The van der Waals surface area contributed by atoms with Crippen LogP contribution in [0.5, 0.6) is 0 Å². The monoisotopic (exact) mass is 361 g/mol. The summed E-state index contributed by atoms with van der Waals surface area (Å²) in [7, 11) is 0. The first-order valence-electron chi connectivity index (χ1n) is 8.93. The lowest BCUT2D eigenvalue weighted by Gasteiger charge is -2.35. The van der Waals surface area contributed by atoms with Crippen molar-refractivity contribution in [3.63, 3.8) is 0 Å². The van der Waals surface area contributed by atoms with E-state index in [1.807, 2.05) is 0 Å². The molecule has 1 saturated heterocycles. The van der Waals surface area contributed by atoms with Crippen molar-refractivity contribution in [2.45, 2.75) is 33.3 Å². The van der Waals surface area contributed by atoms with Crippen LogP contribution in [0.2, 0.25) is 0 Å². The predicted octanol–water partition coefficient (Wildman–Crippen LogP) is 1.24. The molecular formula is C19H27N3O4. The van der Waals surface area contributed by atoms with Gasteiger partial charge in [-0.25, -0.2) is 0 Å². The Hall–Kier alpha value is -2.41. The van der Waals surface area contributed by atoms with E-state index in [4.69, 9.17) is 0 Å². The van der Waals surface area contributed by atoms with E-state index in [9.17, 15) is 19.5 Å². The van der Waals surface area contributed by atoms with Gasteiger partial charge in [0.1, 0.15) is 0 Å². The summed E-state index contributed by atoms with van der Waals surface area (Å²) in [5.41, 5.74) is 0.672. The van der Waals surface area contributed by atoms with Crippen molar-refractivity contribution in [2.75, 3.05) is 25.0 Å². The Morgan fingerprint density at radius 2 is 1.77 bits per heavy atom. The molecule has 1 aliphatic rings.